The van der Waals surface area contributed by atoms with Gasteiger partial charge in [-0.2, -0.15) is 0 Å². The van der Waals surface area contributed by atoms with Gasteiger partial charge in [-0.3, -0.25) is 0 Å². The van der Waals surface area contributed by atoms with Crippen LogP contribution in [0.1, 0.15) is 37.4 Å². The predicted octanol–water partition coefficient (Wildman–Crippen LogP) is 2.96. The van der Waals surface area contributed by atoms with Crippen molar-refractivity contribution < 1.29 is 9.13 Å². The largest absolute Gasteiger partial charge is 0.488 e. The third-order valence-corrected chi connectivity index (χ3v) is 3.10. The van der Waals surface area contributed by atoms with Gasteiger partial charge in [0.1, 0.15) is 17.7 Å². The van der Waals surface area contributed by atoms with Crippen molar-refractivity contribution in [3.63, 3.8) is 0 Å². The number of benzene rings is 1. The molecule has 1 aliphatic heterocycles. The Morgan fingerprint density at radius 2 is 2.12 bits per heavy atom. The topological polar surface area (TPSA) is 21.3 Å². The van der Waals surface area contributed by atoms with E-state index in [0.717, 1.165) is 18.5 Å². The highest BCUT2D eigenvalue weighted by atomic mass is 19.1. The molecule has 1 aromatic carbocycles. The van der Waals surface area contributed by atoms with Gasteiger partial charge in [0.15, 0.2) is 0 Å². The van der Waals surface area contributed by atoms with Crippen molar-refractivity contribution in [3.8, 4) is 5.75 Å². The van der Waals surface area contributed by atoms with Crippen molar-refractivity contribution >= 4 is 0 Å². The Labute approximate surface area is 95.8 Å². The fraction of sp³-hybridized carbons (Fsp3) is 0.538. The molecular formula is C13H18FNO. The van der Waals surface area contributed by atoms with E-state index in [4.69, 9.17) is 4.74 Å². The van der Waals surface area contributed by atoms with Crippen LogP contribution in [-0.4, -0.2) is 12.6 Å². The highest BCUT2D eigenvalue weighted by molar-refractivity contribution is 5.43. The summed E-state index contributed by atoms with van der Waals surface area (Å²) < 4.78 is 19.2. The first-order valence-electron chi connectivity index (χ1n) is 5.87. The van der Waals surface area contributed by atoms with Crippen LogP contribution in [0.5, 0.6) is 5.75 Å². The Bertz CT molecular complexity index is 392. The molecule has 0 aromatic heterocycles. The third-order valence-electron chi connectivity index (χ3n) is 3.10. The number of hydrogen-bond donors (Lipinski definition) is 1. The van der Waals surface area contributed by atoms with Crippen molar-refractivity contribution in [1.82, 2.24) is 5.32 Å². The molecule has 1 aromatic rings. The smallest absolute Gasteiger partial charge is 0.129 e. The van der Waals surface area contributed by atoms with E-state index in [1.807, 2.05) is 6.07 Å². The molecule has 1 aliphatic rings. The van der Waals surface area contributed by atoms with Crippen LogP contribution in [-0.2, 0) is 0 Å². The summed E-state index contributed by atoms with van der Waals surface area (Å²) in [6.45, 7) is 6.84. The van der Waals surface area contributed by atoms with Gasteiger partial charge in [0.05, 0.1) is 6.04 Å². The van der Waals surface area contributed by atoms with Crippen LogP contribution in [0, 0.1) is 12.7 Å². The quantitative estimate of drug-likeness (QED) is 0.850. The van der Waals surface area contributed by atoms with Crippen molar-refractivity contribution in [1.29, 1.82) is 0 Å². The average molecular weight is 223 g/mol. The lowest BCUT2D eigenvalue weighted by Crippen LogP contribution is -2.30. The molecule has 0 aliphatic carbocycles. The van der Waals surface area contributed by atoms with E-state index < -0.39 is 0 Å². The van der Waals surface area contributed by atoms with Crippen molar-refractivity contribution in [3.05, 3.63) is 29.1 Å². The van der Waals surface area contributed by atoms with E-state index in [1.54, 1.807) is 6.92 Å². The van der Waals surface area contributed by atoms with E-state index in [9.17, 15) is 4.39 Å². The summed E-state index contributed by atoms with van der Waals surface area (Å²) in [5.74, 6) is 0.506. The SMILES string of the molecule is CCNC1c2cc(C)c(F)cc2OC1CC. The number of ether oxygens (including phenoxy) is 1. The Balaban J connectivity index is 2.38. The molecule has 16 heavy (non-hydrogen) atoms. The van der Waals surface area contributed by atoms with Gasteiger partial charge in [0.25, 0.3) is 0 Å². The number of likely N-dealkylation sites (N-methyl/N-ethyl adjacent to an activating group) is 1. The Morgan fingerprint density at radius 1 is 1.38 bits per heavy atom. The molecule has 0 spiro atoms. The molecule has 0 bridgehead atoms. The normalized spacial score (nSPS) is 23.0. The van der Waals surface area contributed by atoms with Gasteiger partial charge in [-0.15, -0.1) is 0 Å². The summed E-state index contributed by atoms with van der Waals surface area (Å²) in [5, 5.41) is 3.40. The molecular weight excluding hydrogens is 205 g/mol. The molecule has 0 saturated heterocycles. The molecule has 2 atom stereocenters. The van der Waals surface area contributed by atoms with Crippen LogP contribution in [0.15, 0.2) is 12.1 Å². The number of aryl methyl sites for hydroxylation is 1. The molecule has 0 saturated carbocycles. The minimum atomic E-state index is -0.189. The third kappa shape index (κ3) is 1.80. The minimum absolute atomic E-state index is 0.121. The molecule has 1 heterocycles. The zero-order chi connectivity index (χ0) is 11.7. The van der Waals surface area contributed by atoms with Crippen molar-refractivity contribution in [2.75, 3.05) is 6.54 Å². The maximum atomic E-state index is 13.4. The van der Waals surface area contributed by atoms with Gasteiger partial charge >= 0.3 is 0 Å². The summed E-state index contributed by atoms with van der Waals surface area (Å²) in [4.78, 5) is 0. The second-order valence-electron chi connectivity index (χ2n) is 4.24. The molecule has 0 amide bonds. The maximum absolute atomic E-state index is 13.4. The fourth-order valence-electron chi connectivity index (χ4n) is 2.24. The predicted molar refractivity (Wildman–Crippen MR) is 62.3 cm³/mol. The number of nitrogens with one attached hydrogen (secondary N) is 1. The van der Waals surface area contributed by atoms with E-state index in [-0.39, 0.29) is 18.0 Å². The number of rotatable bonds is 3. The Morgan fingerprint density at radius 3 is 2.75 bits per heavy atom. The first-order valence-corrected chi connectivity index (χ1v) is 5.87. The molecule has 3 heteroatoms. The second-order valence-corrected chi connectivity index (χ2v) is 4.24. The summed E-state index contributed by atoms with van der Waals surface area (Å²) in [7, 11) is 0. The Hall–Kier alpha value is -1.09. The van der Waals surface area contributed by atoms with Gasteiger partial charge in [0.2, 0.25) is 0 Å². The first-order chi connectivity index (χ1) is 7.67. The lowest BCUT2D eigenvalue weighted by Gasteiger charge is -2.18. The van der Waals surface area contributed by atoms with Crippen LogP contribution < -0.4 is 10.1 Å². The monoisotopic (exact) mass is 223 g/mol. The lowest BCUT2D eigenvalue weighted by atomic mass is 10.00. The zero-order valence-corrected chi connectivity index (χ0v) is 10.0. The molecule has 2 unspecified atom stereocenters. The second kappa shape index (κ2) is 4.42. The summed E-state index contributed by atoms with van der Waals surface area (Å²) in [6, 6.07) is 3.60. The van der Waals surface area contributed by atoms with Crippen molar-refractivity contribution in [2.45, 2.75) is 39.3 Å². The molecule has 1 N–H and O–H groups in total. The van der Waals surface area contributed by atoms with Gasteiger partial charge in [-0.25, -0.2) is 4.39 Å². The number of fused-ring (bicyclic) bond motifs is 1. The number of halogens is 1. The average Bonchev–Trinajstić information content (AvgIpc) is 2.58. The molecule has 2 nitrogen and oxygen atoms in total. The minimum Gasteiger partial charge on any atom is -0.488 e. The van der Waals surface area contributed by atoms with E-state index in [0.29, 0.717) is 11.3 Å². The first kappa shape index (κ1) is 11.4. The van der Waals surface area contributed by atoms with Gasteiger partial charge in [-0.05, 0) is 31.5 Å². The lowest BCUT2D eigenvalue weighted by molar-refractivity contribution is 0.186. The molecule has 0 radical (unpaired) electrons. The van der Waals surface area contributed by atoms with Crippen LogP contribution in [0.3, 0.4) is 0 Å². The zero-order valence-electron chi connectivity index (χ0n) is 10.0. The van der Waals surface area contributed by atoms with Crippen molar-refractivity contribution in [2.24, 2.45) is 0 Å². The molecule has 0 fully saturated rings. The number of hydrogen-bond acceptors (Lipinski definition) is 2. The van der Waals surface area contributed by atoms with Gasteiger partial charge < -0.3 is 10.1 Å². The van der Waals surface area contributed by atoms with Gasteiger partial charge in [0, 0.05) is 11.6 Å². The summed E-state index contributed by atoms with van der Waals surface area (Å²) in [6.07, 6.45) is 1.05. The summed E-state index contributed by atoms with van der Waals surface area (Å²) in [5.41, 5.74) is 1.77. The van der Waals surface area contributed by atoms with E-state index >= 15 is 0 Å². The van der Waals surface area contributed by atoms with Crippen LogP contribution in [0.2, 0.25) is 0 Å². The highest BCUT2D eigenvalue weighted by Crippen LogP contribution is 2.39. The standard InChI is InChI=1S/C13H18FNO/c1-4-11-13(15-5-2)9-6-8(3)10(14)7-12(9)16-11/h6-7,11,13,15H,4-5H2,1-3H3. The summed E-state index contributed by atoms with van der Waals surface area (Å²) >= 11 is 0. The van der Waals surface area contributed by atoms with E-state index in [2.05, 4.69) is 19.2 Å². The highest BCUT2D eigenvalue weighted by Gasteiger charge is 2.33. The van der Waals surface area contributed by atoms with Crippen LogP contribution >= 0.6 is 0 Å². The maximum Gasteiger partial charge on any atom is 0.129 e. The van der Waals surface area contributed by atoms with Crippen LogP contribution in [0.25, 0.3) is 0 Å². The molecule has 88 valence electrons. The van der Waals surface area contributed by atoms with E-state index in [1.165, 1.54) is 6.07 Å². The Kier molecular flexibility index (Phi) is 3.15. The molecule has 2 rings (SSSR count). The van der Waals surface area contributed by atoms with Crippen LogP contribution in [0.4, 0.5) is 4.39 Å². The fourth-order valence-corrected chi connectivity index (χ4v) is 2.24. The van der Waals surface area contributed by atoms with Gasteiger partial charge in [-0.1, -0.05) is 13.8 Å².